The van der Waals surface area contributed by atoms with Gasteiger partial charge in [-0.2, -0.15) is 0 Å². The first kappa shape index (κ1) is 18.2. The van der Waals surface area contributed by atoms with E-state index in [1.54, 1.807) is 29.9 Å². The van der Waals surface area contributed by atoms with Crippen LogP contribution in [0, 0.1) is 5.92 Å². The fourth-order valence-corrected chi connectivity index (χ4v) is 2.84. The smallest absolute Gasteiger partial charge is 0.294 e. The Bertz CT molecular complexity index is 1040. The molecule has 0 bridgehead atoms. The Morgan fingerprint density at radius 1 is 1.19 bits per heavy atom. The van der Waals surface area contributed by atoms with Crippen LogP contribution in [0.3, 0.4) is 0 Å². The van der Waals surface area contributed by atoms with E-state index in [4.69, 9.17) is 11.6 Å². The van der Waals surface area contributed by atoms with Crippen molar-refractivity contribution >= 4 is 23.2 Å². The van der Waals surface area contributed by atoms with Crippen molar-refractivity contribution in [3.63, 3.8) is 0 Å². The number of nitrogens with zero attached hydrogens (tertiary/aromatic N) is 3. The van der Waals surface area contributed by atoms with Crippen LogP contribution in [0.15, 0.2) is 41.5 Å². The zero-order valence-electron chi connectivity index (χ0n) is 15.2. The van der Waals surface area contributed by atoms with Gasteiger partial charge in [0, 0.05) is 36.1 Å². The molecule has 2 aromatic heterocycles. The third kappa shape index (κ3) is 3.24. The molecule has 7 heteroatoms. The summed E-state index contributed by atoms with van der Waals surface area (Å²) >= 11 is 6.27. The lowest BCUT2D eigenvalue weighted by Crippen LogP contribution is -2.36. The average molecular weight is 373 g/mol. The minimum Gasteiger partial charge on any atom is -0.348 e. The Labute approximate surface area is 156 Å². The Morgan fingerprint density at radius 3 is 2.54 bits per heavy atom. The summed E-state index contributed by atoms with van der Waals surface area (Å²) in [6, 6.07) is 7.31. The molecule has 2 heterocycles. The monoisotopic (exact) mass is 372 g/mol. The SMILES string of the molecule is CC(C)[C@H](C)NC(=O)c1cn2cc(-c3ccccc3Cl)n(C)c(=O)c2n1. The maximum Gasteiger partial charge on any atom is 0.294 e. The maximum atomic E-state index is 12.7. The molecule has 0 saturated heterocycles. The van der Waals surface area contributed by atoms with Crippen molar-refractivity contribution in [2.24, 2.45) is 13.0 Å². The maximum absolute atomic E-state index is 12.7. The first-order valence-corrected chi connectivity index (χ1v) is 8.82. The second-order valence-electron chi connectivity index (χ2n) is 6.72. The Morgan fingerprint density at radius 2 is 1.88 bits per heavy atom. The number of rotatable bonds is 4. The van der Waals surface area contributed by atoms with Gasteiger partial charge in [0.2, 0.25) is 5.65 Å². The highest BCUT2D eigenvalue weighted by molar-refractivity contribution is 6.33. The minimum atomic E-state index is -0.295. The molecule has 3 rings (SSSR count). The first-order chi connectivity index (χ1) is 12.3. The molecule has 1 amide bonds. The van der Waals surface area contributed by atoms with E-state index < -0.39 is 0 Å². The van der Waals surface area contributed by atoms with Gasteiger partial charge in [-0.3, -0.25) is 14.0 Å². The van der Waals surface area contributed by atoms with Crippen molar-refractivity contribution < 1.29 is 4.79 Å². The molecule has 136 valence electrons. The molecule has 0 aliphatic rings. The lowest BCUT2D eigenvalue weighted by Gasteiger charge is -2.16. The van der Waals surface area contributed by atoms with Crippen LogP contribution in [-0.2, 0) is 7.05 Å². The number of benzene rings is 1. The highest BCUT2D eigenvalue weighted by atomic mass is 35.5. The summed E-state index contributed by atoms with van der Waals surface area (Å²) in [7, 11) is 1.66. The molecule has 1 aromatic carbocycles. The normalized spacial score (nSPS) is 12.5. The number of fused-ring (bicyclic) bond motifs is 1. The van der Waals surface area contributed by atoms with Crippen LogP contribution in [0.5, 0.6) is 0 Å². The van der Waals surface area contributed by atoms with Crippen molar-refractivity contribution in [2.75, 3.05) is 0 Å². The standard InChI is InChI=1S/C19H21ClN4O2/c1-11(2)12(3)21-18(25)15-9-24-10-16(13-7-5-6-8-14(13)20)23(4)19(26)17(24)22-15/h5-12H,1-4H3,(H,21,25)/t12-/m0/s1. The first-order valence-electron chi connectivity index (χ1n) is 8.44. The van der Waals surface area contributed by atoms with E-state index in [0.717, 1.165) is 5.56 Å². The highest BCUT2D eigenvalue weighted by Crippen LogP contribution is 2.26. The molecule has 6 nitrogen and oxygen atoms in total. The number of hydrogen-bond acceptors (Lipinski definition) is 3. The number of aromatic nitrogens is 3. The second kappa shape index (κ2) is 6.96. The highest BCUT2D eigenvalue weighted by Gasteiger charge is 2.18. The summed E-state index contributed by atoms with van der Waals surface area (Å²) in [6.07, 6.45) is 3.33. The molecular formula is C19H21ClN4O2. The van der Waals surface area contributed by atoms with Gasteiger partial charge in [-0.15, -0.1) is 0 Å². The van der Waals surface area contributed by atoms with E-state index in [1.807, 2.05) is 39.0 Å². The van der Waals surface area contributed by atoms with Crippen LogP contribution in [-0.4, -0.2) is 25.9 Å². The van der Waals surface area contributed by atoms with Crippen LogP contribution in [0.25, 0.3) is 16.9 Å². The predicted octanol–water partition coefficient (Wildman–Crippen LogP) is 3.13. The summed E-state index contributed by atoms with van der Waals surface area (Å²) in [6.45, 7) is 5.99. The van der Waals surface area contributed by atoms with E-state index in [0.29, 0.717) is 16.6 Å². The zero-order chi connectivity index (χ0) is 19.0. The van der Waals surface area contributed by atoms with Crippen molar-refractivity contribution in [3.05, 3.63) is 57.7 Å². The Hall–Kier alpha value is -2.60. The molecule has 0 aliphatic carbocycles. The minimum absolute atomic E-state index is 0.00818. The van der Waals surface area contributed by atoms with Gasteiger partial charge in [-0.05, 0) is 18.9 Å². The van der Waals surface area contributed by atoms with Gasteiger partial charge in [0.25, 0.3) is 11.5 Å². The fourth-order valence-electron chi connectivity index (χ4n) is 2.60. The van der Waals surface area contributed by atoms with Crippen LogP contribution in [0.4, 0.5) is 0 Å². The summed E-state index contributed by atoms with van der Waals surface area (Å²) in [5, 5.41) is 3.45. The molecule has 1 N–H and O–H groups in total. The zero-order valence-corrected chi connectivity index (χ0v) is 15.9. The van der Waals surface area contributed by atoms with Crippen LogP contribution in [0.1, 0.15) is 31.3 Å². The molecule has 26 heavy (non-hydrogen) atoms. The molecule has 0 saturated carbocycles. The topological polar surface area (TPSA) is 68.4 Å². The third-order valence-corrected chi connectivity index (χ3v) is 4.92. The van der Waals surface area contributed by atoms with E-state index in [-0.39, 0.29) is 28.8 Å². The number of hydrogen-bond donors (Lipinski definition) is 1. The summed E-state index contributed by atoms with van der Waals surface area (Å²) < 4.78 is 3.07. The van der Waals surface area contributed by atoms with Gasteiger partial charge in [0.15, 0.2) is 0 Å². The van der Waals surface area contributed by atoms with Crippen molar-refractivity contribution in [2.45, 2.75) is 26.8 Å². The molecule has 0 unspecified atom stereocenters. The molecule has 0 radical (unpaired) electrons. The molecule has 1 atom stereocenters. The van der Waals surface area contributed by atoms with Gasteiger partial charge in [0.05, 0.1) is 5.69 Å². The fraction of sp³-hybridized carbons (Fsp3) is 0.316. The van der Waals surface area contributed by atoms with Gasteiger partial charge in [-0.25, -0.2) is 4.98 Å². The van der Waals surface area contributed by atoms with E-state index in [1.165, 1.54) is 4.57 Å². The van der Waals surface area contributed by atoms with Gasteiger partial charge >= 0.3 is 0 Å². The number of imidazole rings is 1. The average Bonchev–Trinajstić information content (AvgIpc) is 3.03. The number of carbonyl (C=O) groups excluding carboxylic acids is 1. The van der Waals surface area contributed by atoms with E-state index in [2.05, 4.69) is 10.3 Å². The lowest BCUT2D eigenvalue weighted by atomic mass is 10.1. The molecule has 0 fully saturated rings. The van der Waals surface area contributed by atoms with Crippen molar-refractivity contribution in [1.82, 2.24) is 19.3 Å². The van der Waals surface area contributed by atoms with Gasteiger partial charge in [0.1, 0.15) is 5.69 Å². The quantitative estimate of drug-likeness (QED) is 0.765. The van der Waals surface area contributed by atoms with E-state index in [9.17, 15) is 9.59 Å². The largest absolute Gasteiger partial charge is 0.348 e. The summed E-state index contributed by atoms with van der Waals surface area (Å²) in [4.78, 5) is 29.3. The number of amides is 1. The van der Waals surface area contributed by atoms with Crippen molar-refractivity contribution in [1.29, 1.82) is 0 Å². The number of nitrogens with one attached hydrogen (secondary N) is 1. The molecular weight excluding hydrogens is 352 g/mol. The van der Waals surface area contributed by atoms with Crippen LogP contribution < -0.4 is 10.9 Å². The second-order valence-corrected chi connectivity index (χ2v) is 7.13. The number of halogens is 1. The van der Waals surface area contributed by atoms with Gasteiger partial charge < -0.3 is 9.88 Å². The lowest BCUT2D eigenvalue weighted by molar-refractivity contribution is 0.0926. The Kier molecular flexibility index (Phi) is 4.87. The predicted molar refractivity (Wildman–Crippen MR) is 103 cm³/mol. The number of carbonyl (C=O) groups is 1. The Balaban J connectivity index is 2.08. The van der Waals surface area contributed by atoms with Gasteiger partial charge in [-0.1, -0.05) is 43.6 Å². The summed E-state index contributed by atoms with van der Waals surface area (Å²) in [5.74, 6) is 0.00641. The molecule has 0 spiro atoms. The molecule has 3 aromatic rings. The van der Waals surface area contributed by atoms with Crippen molar-refractivity contribution in [3.8, 4) is 11.3 Å². The molecule has 0 aliphatic heterocycles. The third-order valence-electron chi connectivity index (χ3n) is 4.59. The summed E-state index contributed by atoms with van der Waals surface area (Å²) in [5.41, 5.74) is 1.51. The van der Waals surface area contributed by atoms with E-state index >= 15 is 0 Å². The van der Waals surface area contributed by atoms with Crippen LogP contribution in [0.2, 0.25) is 5.02 Å². The van der Waals surface area contributed by atoms with Crippen LogP contribution >= 0.6 is 11.6 Å².